The molecule has 1 heterocycles. The number of amides is 1. The molecule has 6 heteroatoms. The maximum absolute atomic E-state index is 11.8. The highest BCUT2D eigenvalue weighted by Gasteiger charge is 2.21. The molecular formula is C13H20N2O3S. The highest BCUT2D eigenvalue weighted by atomic mass is 32.1. The predicted octanol–water partition coefficient (Wildman–Crippen LogP) is 2.22. The minimum atomic E-state index is -0.427. The summed E-state index contributed by atoms with van der Waals surface area (Å²) >= 11 is 1.38. The van der Waals surface area contributed by atoms with E-state index >= 15 is 0 Å². The summed E-state index contributed by atoms with van der Waals surface area (Å²) in [6, 6.07) is -0.0161. The molecule has 3 N–H and O–H groups in total. The van der Waals surface area contributed by atoms with Gasteiger partial charge in [-0.1, -0.05) is 0 Å². The van der Waals surface area contributed by atoms with E-state index in [0.717, 1.165) is 10.4 Å². The second-order valence-electron chi connectivity index (χ2n) is 4.54. The lowest BCUT2D eigenvalue weighted by atomic mass is 10.1. The third-order valence-electron chi connectivity index (χ3n) is 2.85. The van der Waals surface area contributed by atoms with Gasteiger partial charge >= 0.3 is 5.97 Å². The molecule has 5 nitrogen and oxygen atoms in total. The minimum Gasteiger partial charge on any atom is -0.465 e. The number of anilines is 1. The molecule has 1 amide bonds. The van der Waals surface area contributed by atoms with Crippen molar-refractivity contribution in [1.29, 1.82) is 0 Å². The number of nitrogens with two attached hydrogens (primary N) is 1. The van der Waals surface area contributed by atoms with Gasteiger partial charge in [-0.05, 0) is 32.8 Å². The number of nitrogens with one attached hydrogen (secondary N) is 1. The number of ether oxygens (including phenoxy) is 1. The number of thiophene rings is 1. The number of carbonyl (C=O) groups is 2. The van der Waals surface area contributed by atoms with Crippen LogP contribution in [-0.2, 0) is 9.53 Å². The molecule has 0 aliphatic heterocycles. The van der Waals surface area contributed by atoms with Gasteiger partial charge in [-0.3, -0.25) is 4.79 Å². The molecule has 1 rings (SSSR count). The molecule has 1 atom stereocenters. The first kappa shape index (κ1) is 15.7. The Bertz CT molecular complexity index is 480. The molecule has 0 aliphatic carbocycles. The normalized spacial score (nSPS) is 12.1. The molecule has 1 aromatic heterocycles. The number of esters is 1. The van der Waals surface area contributed by atoms with Gasteiger partial charge < -0.3 is 15.8 Å². The van der Waals surface area contributed by atoms with E-state index < -0.39 is 5.97 Å². The second-order valence-corrected chi connectivity index (χ2v) is 5.77. The van der Waals surface area contributed by atoms with E-state index in [4.69, 9.17) is 10.5 Å². The number of rotatable bonds is 5. The van der Waals surface area contributed by atoms with Gasteiger partial charge in [0.05, 0.1) is 12.7 Å². The van der Waals surface area contributed by atoms with Crippen molar-refractivity contribution in [1.82, 2.24) is 0 Å². The molecule has 0 spiro atoms. The van der Waals surface area contributed by atoms with Crippen molar-refractivity contribution in [3.8, 4) is 0 Å². The molecule has 0 saturated heterocycles. The van der Waals surface area contributed by atoms with E-state index in [9.17, 15) is 9.59 Å². The van der Waals surface area contributed by atoms with Gasteiger partial charge in [0.1, 0.15) is 5.00 Å². The number of hydrogen-bond donors (Lipinski definition) is 2. The van der Waals surface area contributed by atoms with Crippen LogP contribution in [0.1, 0.15) is 40.6 Å². The summed E-state index contributed by atoms with van der Waals surface area (Å²) in [5, 5.41) is 3.32. The third-order valence-corrected chi connectivity index (χ3v) is 3.98. The van der Waals surface area contributed by atoms with Crippen molar-refractivity contribution in [2.24, 2.45) is 5.73 Å². The molecule has 0 aromatic carbocycles. The van der Waals surface area contributed by atoms with E-state index in [-0.39, 0.29) is 11.9 Å². The molecular weight excluding hydrogens is 264 g/mol. The van der Waals surface area contributed by atoms with Gasteiger partial charge in [-0.25, -0.2) is 4.79 Å². The lowest BCUT2D eigenvalue weighted by Gasteiger charge is -2.07. The van der Waals surface area contributed by atoms with Crippen LogP contribution in [0.3, 0.4) is 0 Å². The van der Waals surface area contributed by atoms with Gasteiger partial charge in [0.25, 0.3) is 0 Å². The Labute approximate surface area is 117 Å². The monoisotopic (exact) mass is 284 g/mol. The Hall–Kier alpha value is -1.40. The maximum Gasteiger partial charge on any atom is 0.341 e. The van der Waals surface area contributed by atoms with Gasteiger partial charge in [-0.15, -0.1) is 11.3 Å². The van der Waals surface area contributed by atoms with Crippen molar-refractivity contribution in [2.45, 2.75) is 39.7 Å². The topological polar surface area (TPSA) is 81.4 Å². The Morgan fingerprint density at radius 1 is 1.42 bits per heavy atom. The number of carbonyl (C=O) groups excluding carboxylic acids is 2. The van der Waals surface area contributed by atoms with Gasteiger partial charge in [0.15, 0.2) is 0 Å². The van der Waals surface area contributed by atoms with Gasteiger partial charge in [-0.2, -0.15) is 0 Å². The molecule has 106 valence electrons. The summed E-state index contributed by atoms with van der Waals surface area (Å²) in [6.45, 7) is 5.60. The summed E-state index contributed by atoms with van der Waals surface area (Å²) < 4.78 is 4.75. The van der Waals surface area contributed by atoms with Crippen LogP contribution in [-0.4, -0.2) is 25.0 Å². The smallest absolute Gasteiger partial charge is 0.341 e. The molecule has 19 heavy (non-hydrogen) atoms. The molecule has 0 aliphatic rings. The third kappa shape index (κ3) is 4.04. The van der Waals surface area contributed by atoms with Crippen molar-refractivity contribution < 1.29 is 14.3 Å². The molecule has 0 saturated carbocycles. The van der Waals surface area contributed by atoms with E-state index in [2.05, 4.69) is 5.32 Å². The average Bonchev–Trinajstić information content (AvgIpc) is 2.61. The summed E-state index contributed by atoms with van der Waals surface area (Å²) in [5.41, 5.74) is 6.90. The zero-order valence-corrected chi connectivity index (χ0v) is 12.5. The first-order valence-corrected chi connectivity index (χ1v) is 6.92. The fourth-order valence-electron chi connectivity index (χ4n) is 1.61. The minimum absolute atomic E-state index is 0.0161. The largest absolute Gasteiger partial charge is 0.465 e. The summed E-state index contributed by atoms with van der Waals surface area (Å²) in [6.07, 6.45) is 0.955. The lowest BCUT2D eigenvalue weighted by Crippen LogP contribution is -2.20. The quantitative estimate of drug-likeness (QED) is 0.812. The molecule has 0 radical (unpaired) electrons. The highest BCUT2D eigenvalue weighted by molar-refractivity contribution is 7.16. The Kier molecular flexibility index (Phi) is 5.50. The lowest BCUT2D eigenvalue weighted by molar-refractivity contribution is -0.116. The molecule has 0 fully saturated rings. The predicted molar refractivity (Wildman–Crippen MR) is 76.6 cm³/mol. The molecule has 1 aromatic rings. The van der Waals surface area contributed by atoms with Crippen LogP contribution in [0.4, 0.5) is 5.00 Å². The maximum atomic E-state index is 11.8. The van der Waals surface area contributed by atoms with Crippen molar-refractivity contribution in [2.75, 3.05) is 12.4 Å². The number of methoxy groups -OCH3 is 1. The highest BCUT2D eigenvalue weighted by Crippen LogP contribution is 2.33. The van der Waals surface area contributed by atoms with Crippen molar-refractivity contribution >= 4 is 28.2 Å². The summed E-state index contributed by atoms with van der Waals surface area (Å²) in [7, 11) is 1.33. The number of hydrogen-bond acceptors (Lipinski definition) is 5. The zero-order chi connectivity index (χ0) is 14.6. The second kappa shape index (κ2) is 6.68. The van der Waals surface area contributed by atoms with E-state index in [1.807, 2.05) is 20.8 Å². The van der Waals surface area contributed by atoms with Crippen molar-refractivity contribution in [3.05, 3.63) is 16.0 Å². The van der Waals surface area contributed by atoms with Crippen LogP contribution in [0, 0.1) is 13.8 Å². The fourth-order valence-corrected chi connectivity index (χ4v) is 2.68. The van der Waals surface area contributed by atoms with Crippen LogP contribution < -0.4 is 11.1 Å². The van der Waals surface area contributed by atoms with Gasteiger partial charge in [0, 0.05) is 17.3 Å². The zero-order valence-electron chi connectivity index (χ0n) is 11.7. The van der Waals surface area contributed by atoms with Crippen LogP contribution in [0.25, 0.3) is 0 Å². The summed E-state index contributed by atoms with van der Waals surface area (Å²) in [5.74, 6) is -0.562. The first-order valence-electron chi connectivity index (χ1n) is 6.10. The standard InChI is InChI=1S/C13H20N2O3S/c1-7(14)5-6-10(16)15-12-11(13(17)18-4)8(2)9(3)19-12/h7H,5-6,14H2,1-4H3,(H,15,16). The van der Waals surface area contributed by atoms with Crippen molar-refractivity contribution in [3.63, 3.8) is 0 Å². The molecule has 1 unspecified atom stereocenters. The van der Waals surface area contributed by atoms with Crippen LogP contribution in [0.5, 0.6) is 0 Å². The summed E-state index contributed by atoms with van der Waals surface area (Å²) in [4.78, 5) is 24.5. The number of aryl methyl sites for hydroxylation is 1. The first-order chi connectivity index (χ1) is 8.86. The Balaban J connectivity index is 2.86. The SMILES string of the molecule is COC(=O)c1c(NC(=O)CCC(C)N)sc(C)c1C. The Morgan fingerprint density at radius 3 is 2.58 bits per heavy atom. The fraction of sp³-hybridized carbons (Fsp3) is 0.538. The Morgan fingerprint density at radius 2 is 2.05 bits per heavy atom. The van der Waals surface area contributed by atoms with E-state index in [1.54, 1.807) is 0 Å². The van der Waals surface area contributed by atoms with Crippen LogP contribution in [0.2, 0.25) is 0 Å². The van der Waals surface area contributed by atoms with Crippen LogP contribution >= 0.6 is 11.3 Å². The average molecular weight is 284 g/mol. The van der Waals surface area contributed by atoms with E-state index in [0.29, 0.717) is 23.4 Å². The van der Waals surface area contributed by atoms with Gasteiger partial charge in [0.2, 0.25) is 5.91 Å². The van der Waals surface area contributed by atoms with Crippen LogP contribution in [0.15, 0.2) is 0 Å². The van der Waals surface area contributed by atoms with E-state index in [1.165, 1.54) is 18.4 Å². The molecule has 0 bridgehead atoms.